The summed E-state index contributed by atoms with van der Waals surface area (Å²) in [5.41, 5.74) is 1.74. The number of hydrogen-bond donors (Lipinski definition) is 0. The molecule has 2 aliphatic rings. The number of likely N-dealkylation sites (N-methyl/N-ethyl adjacent to an activating group) is 1. The molecule has 1 aliphatic carbocycles. The maximum absolute atomic E-state index is 12.2. The molecule has 0 unspecified atom stereocenters. The van der Waals surface area contributed by atoms with Crippen molar-refractivity contribution in [2.24, 2.45) is 0 Å². The molecular weight excluding hydrogens is 336 g/mol. The largest absolute Gasteiger partial charge is 0.341 e. The molecule has 110 valence electrons. The fourth-order valence-electron chi connectivity index (χ4n) is 2.67. The Balaban J connectivity index is 1.92. The molecular formula is C15H15BrN2O3. The second-order valence-electron chi connectivity index (χ2n) is 5.58. The highest BCUT2D eigenvalue weighted by Crippen LogP contribution is 2.35. The van der Waals surface area contributed by atoms with Crippen LogP contribution in [0.2, 0.25) is 0 Å². The molecule has 0 bridgehead atoms. The second kappa shape index (κ2) is 4.94. The van der Waals surface area contributed by atoms with E-state index in [9.17, 15) is 14.4 Å². The van der Waals surface area contributed by atoms with Gasteiger partial charge in [-0.15, -0.1) is 0 Å². The molecule has 0 radical (unpaired) electrons. The molecule has 1 heterocycles. The zero-order valence-corrected chi connectivity index (χ0v) is 13.4. The highest BCUT2D eigenvalue weighted by molar-refractivity contribution is 9.10. The van der Waals surface area contributed by atoms with E-state index in [1.807, 2.05) is 13.0 Å². The Morgan fingerprint density at radius 3 is 2.67 bits per heavy atom. The third kappa shape index (κ3) is 2.37. The highest BCUT2D eigenvalue weighted by atomic mass is 79.9. The van der Waals surface area contributed by atoms with Gasteiger partial charge >= 0.3 is 0 Å². The Morgan fingerprint density at radius 2 is 2.05 bits per heavy atom. The smallest absolute Gasteiger partial charge is 0.299 e. The summed E-state index contributed by atoms with van der Waals surface area (Å²) in [5.74, 6) is -1.30. The SMILES string of the molecule is Cc1cc(Br)cc2c1N(CC(=O)N(C)C1CC1)C(=O)C2=O. The van der Waals surface area contributed by atoms with Crippen molar-refractivity contribution in [3.63, 3.8) is 0 Å². The van der Waals surface area contributed by atoms with Crippen molar-refractivity contribution in [3.8, 4) is 0 Å². The number of anilines is 1. The van der Waals surface area contributed by atoms with Crippen LogP contribution in [0, 0.1) is 6.92 Å². The number of nitrogens with zero attached hydrogens (tertiary/aromatic N) is 2. The summed E-state index contributed by atoms with van der Waals surface area (Å²) >= 11 is 3.33. The van der Waals surface area contributed by atoms with E-state index in [2.05, 4.69) is 15.9 Å². The molecule has 1 aromatic rings. The zero-order valence-electron chi connectivity index (χ0n) is 11.9. The number of rotatable bonds is 3. The lowest BCUT2D eigenvalue weighted by Crippen LogP contribution is -2.41. The van der Waals surface area contributed by atoms with Crippen molar-refractivity contribution in [1.82, 2.24) is 4.90 Å². The summed E-state index contributed by atoms with van der Waals surface area (Å²) in [6, 6.07) is 3.76. The van der Waals surface area contributed by atoms with E-state index in [4.69, 9.17) is 0 Å². The van der Waals surface area contributed by atoms with Crippen LogP contribution in [0.25, 0.3) is 0 Å². The Bertz CT molecular complexity index is 667. The van der Waals surface area contributed by atoms with Gasteiger partial charge in [0.2, 0.25) is 5.91 Å². The number of halogens is 1. The van der Waals surface area contributed by atoms with E-state index in [1.165, 1.54) is 4.90 Å². The quantitative estimate of drug-likeness (QED) is 0.782. The minimum absolute atomic E-state index is 0.0763. The summed E-state index contributed by atoms with van der Waals surface area (Å²) in [6.45, 7) is 1.75. The summed E-state index contributed by atoms with van der Waals surface area (Å²) in [5, 5.41) is 0. The summed E-state index contributed by atoms with van der Waals surface area (Å²) in [7, 11) is 1.75. The van der Waals surface area contributed by atoms with Gasteiger partial charge in [0.25, 0.3) is 11.7 Å². The molecule has 1 aromatic carbocycles. The number of Topliss-reactive ketones (excluding diaryl/α,β-unsaturated/α-hetero) is 1. The van der Waals surface area contributed by atoms with Crippen molar-refractivity contribution < 1.29 is 14.4 Å². The molecule has 0 saturated heterocycles. The molecule has 5 nitrogen and oxygen atoms in total. The highest BCUT2D eigenvalue weighted by Gasteiger charge is 2.39. The zero-order chi connectivity index (χ0) is 15.3. The van der Waals surface area contributed by atoms with E-state index in [-0.39, 0.29) is 18.5 Å². The fourth-order valence-corrected chi connectivity index (χ4v) is 3.24. The van der Waals surface area contributed by atoms with Gasteiger partial charge in [-0.25, -0.2) is 0 Å². The molecule has 0 N–H and O–H groups in total. The predicted octanol–water partition coefficient (Wildman–Crippen LogP) is 1.91. The van der Waals surface area contributed by atoms with Crippen LogP contribution in [0.15, 0.2) is 16.6 Å². The van der Waals surface area contributed by atoms with Crippen LogP contribution >= 0.6 is 15.9 Å². The van der Waals surface area contributed by atoms with Gasteiger partial charge in [-0.3, -0.25) is 19.3 Å². The van der Waals surface area contributed by atoms with Crippen LogP contribution in [-0.4, -0.2) is 42.1 Å². The standard InChI is InChI=1S/C15H15BrN2O3/c1-8-5-9(16)6-11-13(8)18(15(21)14(11)20)7-12(19)17(2)10-3-4-10/h5-6,10H,3-4,7H2,1-2H3. The Hall–Kier alpha value is -1.69. The van der Waals surface area contributed by atoms with E-state index in [1.54, 1.807) is 18.0 Å². The molecule has 1 aliphatic heterocycles. The van der Waals surface area contributed by atoms with Gasteiger partial charge in [-0.1, -0.05) is 15.9 Å². The van der Waals surface area contributed by atoms with Crippen LogP contribution in [0.1, 0.15) is 28.8 Å². The number of amides is 2. The number of carbonyl (C=O) groups excluding carboxylic acids is 3. The summed E-state index contributed by atoms with van der Waals surface area (Å²) in [6.07, 6.45) is 2.02. The molecule has 1 saturated carbocycles. The topological polar surface area (TPSA) is 57.7 Å². The van der Waals surface area contributed by atoms with Crippen molar-refractivity contribution >= 4 is 39.2 Å². The maximum atomic E-state index is 12.2. The summed E-state index contributed by atoms with van der Waals surface area (Å²) < 4.78 is 0.753. The van der Waals surface area contributed by atoms with Gasteiger partial charge in [0.1, 0.15) is 6.54 Å². The van der Waals surface area contributed by atoms with Crippen LogP contribution < -0.4 is 4.90 Å². The first-order valence-electron chi connectivity index (χ1n) is 6.82. The maximum Gasteiger partial charge on any atom is 0.299 e. The molecule has 0 atom stereocenters. The number of carbonyl (C=O) groups is 3. The van der Waals surface area contributed by atoms with E-state index >= 15 is 0 Å². The van der Waals surface area contributed by atoms with Gasteiger partial charge in [0.15, 0.2) is 0 Å². The van der Waals surface area contributed by atoms with Crippen molar-refractivity contribution in [2.45, 2.75) is 25.8 Å². The van der Waals surface area contributed by atoms with Crippen molar-refractivity contribution in [3.05, 3.63) is 27.7 Å². The van der Waals surface area contributed by atoms with Crippen molar-refractivity contribution in [1.29, 1.82) is 0 Å². The monoisotopic (exact) mass is 350 g/mol. The number of hydrogen-bond acceptors (Lipinski definition) is 3. The molecule has 0 aromatic heterocycles. The molecule has 3 rings (SSSR count). The van der Waals surface area contributed by atoms with Gasteiger partial charge in [-0.2, -0.15) is 0 Å². The van der Waals surface area contributed by atoms with Crippen LogP contribution in [0.4, 0.5) is 5.69 Å². The van der Waals surface area contributed by atoms with E-state index in [0.717, 1.165) is 22.9 Å². The van der Waals surface area contributed by atoms with Gasteiger partial charge in [0, 0.05) is 17.6 Å². The van der Waals surface area contributed by atoms with Gasteiger partial charge in [-0.05, 0) is 37.5 Å². The third-order valence-corrected chi connectivity index (χ3v) is 4.46. The van der Waals surface area contributed by atoms with Gasteiger partial charge in [0.05, 0.1) is 11.3 Å². The molecule has 21 heavy (non-hydrogen) atoms. The first kappa shape index (κ1) is 14.3. The van der Waals surface area contributed by atoms with E-state index < -0.39 is 11.7 Å². The van der Waals surface area contributed by atoms with Crippen molar-refractivity contribution in [2.75, 3.05) is 18.5 Å². The van der Waals surface area contributed by atoms with E-state index in [0.29, 0.717) is 11.3 Å². The lowest BCUT2D eigenvalue weighted by Gasteiger charge is -2.22. The summed E-state index contributed by atoms with van der Waals surface area (Å²) in [4.78, 5) is 39.4. The Labute approximate surface area is 131 Å². The van der Waals surface area contributed by atoms with Crippen LogP contribution in [0.5, 0.6) is 0 Å². The Kier molecular flexibility index (Phi) is 3.36. The van der Waals surface area contributed by atoms with Crippen LogP contribution in [-0.2, 0) is 9.59 Å². The average molecular weight is 351 g/mol. The first-order valence-corrected chi connectivity index (χ1v) is 7.61. The number of benzene rings is 1. The normalized spacial score (nSPS) is 17.2. The Morgan fingerprint density at radius 1 is 1.38 bits per heavy atom. The molecule has 2 amide bonds. The number of aryl methyl sites for hydroxylation is 1. The lowest BCUT2D eigenvalue weighted by molar-refractivity contribution is -0.130. The minimum Gasteiger partial charge on any atom is -0.341 e. The first-order chi connectivity index (χ1) is 9.90. The molecule has 0 spiro atoms. The lowest BCUT2D eigenvalue weighted by atomic mass is 10.1. The van der Waals surface area contributed by atoms with Gasteiger partial charge < -0.3 is 4.90 Å². The van der Waals surface area contributed by atoms with Crippen LogP contribution in [0.3, 0.4) is 0 Å². The predicted molar refractivity (Wildman–Crippen MR) is 81.4 cm³/mol. The fraction of sp³-hybridized carbons (Fsp3) is 0.400. The number of ketones is 1. The molecule has 6 heteroatoms. The average Bonchev–Trinajstić information content (AvgIpc) is 3.23. The number of fused-ring (bicyclic) bond motifs is 1. The second-order valence-corrected chi connectivity index (χ2v) is 6.49. The molecule has 1 fully saturated rings. The third-order valence-electron chi connectivity index (χ3n) is 4.00. The minimum atomic E-state index is -0.622.